The van der Waals surface area contributed by atoms with Gasteiger partial charge in [-0.15, -0.1) is 10.2 Å². The minimum Gasteiger partial charge on any atom is -0.493 e. The number of nitrogens with one attached hydrogen (secondary N) is 1. The molecule has 0 radical (unpaired) electrons. The molecule has 1 heterocycles. The standard InChI is InChI=1S/C19H28N4O4S/c1-12(2)11-28-19-22-21-15(23(19)3)9-10-20-18(24)13-7-8-14(25-4)17(27-6)16(13)26-5/h7-8,12H,9-11H2,1-6H3,(H,20,24). The zero-order chi connectivity index (χ0) is 20.7. The first-order chi connectivity index (χ1) is 13.4. The van der Waals surface area contributed by atoms with Gasteiger partial charge in [-0.3, -0.25) is 4.79 Å². The molecule has 0 aliphatic heterocycles. The van der Waals surface area contributed by atoms with Crippen molar-refractivity contribution >= 4 is 17.7 Å². The van der Waals surface area contributed by atoms with Crippen LogP contribution in [0.1, 0.15) is 30.0 Å². The molecular weight excluding hydrogens is 380 g/mol. The summed E-state index contributed by atoms with van der Waals surface area (Å²) in [5, 5.41) is 12.2. The van der Waals surface area contributed by atoms with E-state index in [9.17, 15) is 4.79 Å². The number of amides is 1. The molecule has 0 saturated heterocycles. The average Bonchev–Trinajstić information content (AvgIpc) is 3.04. The van der Waals surface area contributed by atoms with E-state index in [2.05, 4.69) is 29.4 Å². The smallest absolute Gasteiger partial charge is 0.255 e. The summed E-state index contributed by atoms with van der Waals surface area (Å²) in [5.41, 5.74) is 0.381. The van der Waals surface area contributed by atoms with Gasteiger partial charge in [-0.2, -0.15) is 0 Å². The van der Waals surface area contributed by atoms with E-state index in [4.69, 9.17) is 14.2 Å². The highest BCUT2D eigenvalue weighted by Gasteiger charge is 2.20. The van der Waals surface area contributed by atoms with Crippen LogP contribution in [0, 0.1) is 5.92 Å². The van der Waals surface area contributed by atoms with Crippen LogP contribution in [0.2, 0.25) is 0 Å². The highest BCUT2D eigenvalue weighted by molar-refractivity contribution is 7.99. The minimum atomic E-state index is -0.255. The third kappa shape index (κ3) is 5.09. The van der Waals surface area contributed by atoms with Gasteiger partial charge >= 0.3 is 0 Å². The van der Waals surface area contributed by atoms with Crippen molar-refractivity contribution in [1.29, 1.82) is 0 Å². The van der Waals surface area contributed by atoms with Crippen LogP contribution in [0.25, 0.3) is 0 Å². The first-order valence-corrected chi connectivity index (χ1v) is 9.99. The maximum absolute atomic E-state index is 12.6. The molecule has 1 aromatic heterocycles. The average molecular weight is 409 g/mol. The molecule has 8 nitrogen and oxygen atoms in total. The van der Waals surface area contributed by atoms with Crippen LogP contribution in [0.5, 0.6) is 17.2 Å². The largest absolute Gasteiger partial charge is 0.493 e. The van der Waals surface area contributed by atoms with Crippen LogP contribution in [-0.4, -0.2) is 54.3 Å². The second-order valence-electron chi connectivity index (χ2n) is 6.55. The molecule has 2 rings (SSSR count). The fourth-order valence-corrected chi connectivity index (χ4v) is 3.47. The molecular formula is C19H28N4O4S. The van der Waals surface area contributed by atoms with Crippen molar-refractivity contribution in [2.75, 3.05) is 33.6 Å². The van der Waals surface area contributed by atoms with E-state index in [0.717, 1.165) is 16.7 Å². The summed E-state index contributed by atoms with van der Waals surface area (Å²) in [6, 6.07) is 3.33. The van der Waals surface area contributed by atoms with Gasteiger partial charge in [0.2, 0.25) is 5.75 Å². The van der Waals surface area contributed by atoms with Gasteiger partial charge in [0.15, 0.2) is 16.7 Å². The summed E-state index contributed by atoms with van der Waals surface area (Å²) in [6.45, 7) is 4.77. The van der Waals surface area contributed by atoms with Crippen LogP contribution in [0.15, 0.2) is 17.3 Å². The highest BCUT2D eigenvalue weighted by atomic mass is 32.2. The van der Waals surface area contributed by atoms with E-state index in [1.165, 1.54) is 21.3 Å². The molecule has 0 spiro atoms. The predicted molar refractivity (Wildman–Crippen MR) is 109 cm³/mol. The zero-order valence-electron chi connectivity index (χ0n) is 17.2. The number of carbonyl (C=O) groups excluding carboxylic acids is 1. The van der Waals surface area contributed by atoms with Gasteiger partial charge in [0, 0.05) is 25.8 Å². The molecule has 0 atom stereocenters. The molecule has 2 aromatic rings. The number of carbonyl (C=O) groups is 1. The fraction of sp³-hybridized carbons (Fsp3) is 0.526. The molecule has 0 aliphatic carbocycles. The van der Waals surface area contributed by atoms with Gasteiger partial charge in [-0.1, -0.05) is 25.6 Å². The van der Waals surface area contributed by atoms with Gasteiger partial charge in [0.05, 0.1) is 26.9 Å². The van der Waals surface area contributed by atoms with Gasteiger partial charge in [-0.05, 0) is 18.1 Å². The number of thioether (sulfide) groups is 1. The molecule has 1 aromatic carbocycles. The van der Waals surface area contributed by atoms with E-state index in [1.54, 1.807) is 23.9 Å². The Morgan fingerprint density at radius 1 is 1.14 bits per heavy atom. The van der Waals surface area contributed by atoms with Crippen molar-refractivity contribution in [1.82, 2.24) is 20.1 Å². The summed E-state index contributed by atoms with van der Waals surface area (Å²) in [5.74, 6) is 3.37. The lowest BCUT2D eigenvalue weighted by atomic mass is 10.1. The summed E-state index contributed by atoms with van der Waals surface area (Å²) >= 11 is 1.68. The van der Waals surface area contributed by atoms with E-state index in [-0.39, 0.29) is 5.91 Å². The molecule has 0 aliphatic rings. The topological polar surface area (TPSA) is 87.5 Å². The Morgan fingerprint density at radius 3 is 2.46 bits per heavy atom. The van der Waals surface area contributed by atoms with Crippen LogP contribution in [0.3, 0.4) is 0 Å². The molecule has 1 N–H and O–H groups in total. The quantitative estimate of drug-likeness (QED) is 0.605. The lowest BCUT2D eigenvalue weighted by molar-refractivity contribution is 0.0950. The Labute approximate surface area is 170 Å². The number of ether oxygens (including phenoxy) is 3. The Morgan fingerprint density at radius 2 is 1.86 bits per heavy atom. The first kappa shape index (κ1) is 21.9. The zero-order valence-corrected chi connectivity index (χ0v) is 18.1. The molecule has 0 unspecified atom stereocenters. The Bertz CT molecular complexity index is 807. The first-order valence-electron chi connectivity index (χ1n) is 9.01. The maximum Gasteiger partial charge on any atom is 0.255 e. The van der Waals surface area contributed by atoms with Gasteiger partial charge in [0.1, 0.15) is 5.82 Å². The number of methoxy groups -OCH3 is 3. The van der Waals surface area contributed by atoms with Crippen molar-refractivity contribution in [3.8, 4) is 17.2 Å². The van der Waals surface area contributed by atoms with Crippen LogP contribution >= 0.6 is 11.8 Å². The predicted octanol–water partition coefficient (Wildman–Crippen LogP) is 2.56. The van der Waals surface area contributed by atoms with Crippen molar-refractivity contribution in [2.45, 2.75) is 25.4 Å². The SMILES string of the molecule is COc1ccc(C(=O)NCCc2nnc(SCC(C)C)n2C)c(OC)c1OC. The summed E-state index contributed by atoms with van der Waals surface area (Å²) in [4.78, 5) is 12.6. The Balaban J connectivity index is 2.02. The highest BCUT2D eigenvalue weighted by Crippen LogP contribution is 2.39. The van der Waals surface area contributed by atoms with Crippen LogP contribution < -0.4 is 19.5 Å². The van der Waals surface area contributed by atoms with Gasteiger partial charge in [0.25, 0.3) is 5.91 Å². The summed E-state index contributed by atoms with van der Waals surface area (Å²) in [6.07, 6.45) is 0.576. The molecule has 154 valence electrons. The van der Waals surface area contributed by atoms with Crippen molar-refractivity contribution in [3.05, 3.63) is 23.5 Å². The van der Waals surface area contributed by atoms with Gasteiger partial charge in [-0.25, -0.2) is 0 Å². The van der Waals surface area contributed by atoms with Crippen molar-refractivity contribution in [2.24, 2.45) is 13.0 Å². The second kappa shape index (κ2) is 10.2. The number of hydrogen-bond donors (Lipinski definition) is 1. The van der Waals surface area contributed by atoms with E-state index >= 15 is 0 Å². The lowest BCUT2D eigenvalue weighted by Gasteiger charge is -2.15. The minimum absolute atomic E-state index is 0.255. The fourth-order valence-electron chi connectivity index (χ4n) is 2.59. The van der Waals surface area contributed by atoms with Crippen LogP contribution in [-0.2, 0) is 13.5 Å². The van der Waals surface area contributed by atoms with Crippen LogP contribution in [0.4, 0.5) is 0 Å². The number of hydrogen-bond acceptors (Lipinski definition) is 7. The number of aromatic nitrogens is 3. The number of rotatable bonds is 10. The molecule has 0 bridgehead atoms. The number of nitrogens with zero attached hydrogens (tertiary/aromatic N) is 3. The molecule has 1 amide bonds. The van der Waals surface area contributed by atoms with Crippen molar-refractivity contribution in [3.63, 3.8) is 0 Å². The normalized spacial score (nSPS) is 10.8. The maximum atomic E-state index is 12.6. The third-order valence-electron chi connectivity index (χ3n) is 4.05. The molecule has 28 heavy (non-hydrogen) atoms. The summed E-state index contributed by atoms with van der Waals surface area (Å²) < 4.78 is 17.9. The van der Waals surface area contributed by atoms with E-state index in [0.29, 0.717) is 41.7 Å². The second-order valence-corrected chi connectivity index (χ2v) is 7.54. The number of benzene rings is 1. The third-order valence-corrected chi connectivity index (χ3v) is 5.50. The van der Waals surface area contributed by atoms with Crippen molar-refractivity contribution < 1.29 is 19.0 Å². The Kier molecular flexibility index (Phi) is 7.98. The monoisotopic (exact) mass is 408 g/mol. The molecule has 9 heteroatoms. The molecule has 0 fully saturated rings. The lowest BCUT2D eigenvalue weighted by Crippen LogP contribution is -2.27. The molecule has 0 saturated carbocycles. The van der Waals surface area contributed by atoms with Gasteiger partial charge < -0.3 is 24.1 Å². The Hall–Kier alpha value is -2.42. The van der Waals surface area contributed by atoms with E-state index in [1.807, 2.05) is 11.6 Å². The summed E-state index contributed by atoms with van der Waals surface area (Å²) in [7, 11) is 6.47. The van der Waals surface area contributed by atoms with E-state index < -0.39 is 0 Å².